The standard InChI is InChI=1S/C10H11FO3S/c1-13-6-4-5-7(15-3)8(9(6)11)10(12)14-2/h4-5H,1-3H3. The van der Waals surface area contributed by atoms with Crippen LogP contribution in [0, 0.1) is 5.82 Å². The Hall–Kier alpha value is -1.23. The van der Waals surface area contributed by atoms with Crippen molar-refractivity contribution in [2.24, 2.45) is 0 Å². The molecule has 0 atom stereocenters. The molecule has 0 unspecified atom stereocenters. The zero-order valence-corrected chi connectivity index (χ0v) is 9.48. The van der Waals surface area contributed by atoms with Gasteiger partial charge in [-0.2, -0.15) is 0 Å². The van der Waals surface area contributed by atoms with E-state index in [1.165, 1.54) is 32.0 Å². The number of carbonyl (C=O) groups is 1. The quantitative estimate of drug-likeness (QED) is 0.590. The van der Waals surface area contributed by atoms with Gasteiger partial charge in [0.05, 0.1) is 14.2 Å². The Bertz CT molecular complexity index is 379. The van der Waals surface area contributed by atoms with Crippen LogP contribution in [0.15, 0.2) is 17.0 Å². The smallest absolute Gasteiger partial charge is 0.342 e. The summed E-state index contributed by atoms with van der Waals surface area (Å²) in [6, 6.07) is 3.10. The van der Waals surface area contributed by atoms with E-state index in [4.69, 9.17) is 4.74 Å². The maximum Gasteiger partial charge on any atom is 0.342 e. The molecule has 15 heavy (non-hydrogen) atoms. The van der Waals surface area contributed by atoms with Crippen molar-refractivity contribution in [2.75, 3.05) is 20.5 Å². The number of methoxy groups -OCH3 is 2. The normalized spacial score (nSPS) is 9.87. The minimum atomic E-state index is -0.698. The molecule has 0 radical (unpaired) electrons. The van der Waals surface area contributed by atoms with Gasteiger partial charge in [-0.15, -0.1) is 11.8 Å². The monoisotopic (exact) mass is 230 g/mol. The van der Waals surface area contributed by atoms with Gasteiger partial charge in [0.25, 0.3) is 0 Å². The predicted molar refractivity (Wildman–Crippen MR) is 56.1 cm³/mol. The van der Waals surface area contributed by atoms with E-state index in [1.807, 2.05) is 0 Å². The summed E-state index contributed by atoms with van der Waals surface area (Å²) in [6.45, 7) is 0. The predicted octanol–water partition coefficient (Wildman–Crippen LogP) is 2.34. The molecule has 82 valence electrons. The van der Waals surface area contributed by atoms with Crippen LogP contribution in [0.25, 0.3) is 0 Å². The number of benzene rings is 1. The first kappa shape index (κ1) is 11.8. The lowest BCUT2D eigenvalue weighted by Crippen LogP contribution is -2.07. The highest BCUT2D eigenvalue weighted by atomic mass is 32.2. The topological polar surface area (TPSA) is 35.5 Å². The number of hydrogen-bond donors (Lipinski definition) is 0. The van der Waals surface area contributed by atoms with E-state index >= 15 is 0 Å². The highest BCUT2D eigenvalue weighted by Gasteiger charge is 2.20. The van der Waals surface area contributed by atoms with Crippen LogP contribution in [0.4, 0.5) is 4.39 Å². The summed E-state index contributed by atoms with van der Waals surface area (Å²) in [7, 11) is 2.56. The van der Waals surface area contributed by atoms with Crippen LogP contribution in [-0.2, 0) is 4.74 Å². The number of thioether (sulfide) groups is 1. The van der Waals surface area contributed by atoms with Crippen molar-refractivity contribution >= 4 is 17.7 Å². The van der Waals surface area contributed by atoms with Gasteiger partial charge >= 0.3 is 5.97 Å². The molecule has 1 aromatic carbocycles. The fourth-order valence-electron chi connectivity index (χ4n) is 1.16. The second kappa shape index (κ2) is 5.02. The number of carbonyl (C=O) groups excluding carboxylic acids is 1. The van der Waals surface area contributed by atoms with Crippen molar-refractivity contribution in [3.63, 3.8) is 0 Å². The summed E-state index contributed by atoms with van der Waals surface area (Å²) in [6.07, 6.45) is 1.76. The average Bonchev–Trinajstić information content (AvgIpc) is 2.27. The van der Waals surface area contributed by atoms with Crippen molar-refractivity contribution in [2.45, 2.75) is 4.90 Å². The molecule has 3 nitrogen and oxygen atoms in total. The first-order chi connectivity index (χ1) is 7.15. The van der Waals surface area contributed by atoms with Crippen LogP contribution < -0.4 is 4.74 Å². The molecule has 1 aromatic rings. The number of ether oxygens (including phenoxy) is 2. The summed E-state index contributed by atoms with van der Waals surface area (Å²) in [4.78, 5) is 11.9. The van der Waals surface area contributed by atoms with Gasteiger partial charge in [-0.1, -0.05) is 0 Å². The van der Waals surface area contributed by atoms with Gasteiger partial charge in [-0.25, -0.2) is 9.18 Å². The van der Waals surface area contributed by atoms with Crippen LogP contribution in [0.5, 0.6) is 5.75 Å². The first-order valence-electron chi connectivity index (χ1n) is 4.14. The molecule has 0 spiro atoms. The van der Waals surface area contributed by atoms with E-state index in [0.29, 0.717) is 4.90 Å². The van der Waals surface area contributed by atoms with Gasteiger partial charge in [0, 0.05) is 4.90 Å². The lowest BCUT2D eigenvalue weighted by molar-refractivity contribution is 0.0590. The summed E-state index contributed by atoms with van der Waals surface area (Å²) in [5.41, 5.74) is -0.0793. The fraction of sp³-hybridized carbons (Fsp3) is 0.300. The molecule has 0 heterocycles. The molecule has 0 bridgehead atoms. The number of hydrogen-bond acceptors (Lipinski definition) is 4. The van der Waals surface area contributed by atoms with Gasteiger partial charge in [0.15, 0.2) is 11.6 Å². The van der Waals surface area contributed by atoms with Crippen molar-refractivity contribution < 1.29 is 18.7 Å². The summed E-state index contributed by atoms with van der Waals surface area (Å²) in [5, 5.41) is 0. The molecule has 0 aliphatic rings. The third kappa shape index (κ3) is 2.23. The highest BCUT2D eigenvalue weighted by Crippen LogP contribution is 2.29. The summed E-state index contributed by atoms with van der Waals surface area (Å²) >= 11 is 1.28. The van der Waals surface area contributed by atoms with E-state index < -0.39 is 11.8 Å². The number of rotatable bonds is 3. The maximum atomic E-state index is 13.7. The summed E-state index contributed by atoms with van der Waals surface area (Å²) < 4.78 is 23.0. The van der Waals surface area contributed by atoms with E-state index in [-0.39, 0.29) is 11.3 Å². The fourth-order valence-corrected chi connectivity index (χ4v) is 1.74. The zero-order chi connectivity index (χ0) is 11.4. The Morgan fingerprint density at radius 3 is 2.53 bits per heavy atom. The van der Waals surface area contributed by atoms with Gasteiger partial charge in [-0.3, -0.25) is 0 Å². The Morgan fingerprint density at radius 2 is 2.07 bits per heavy atom. The molecule has 0 N–H and O–H groups in total. The molecule has 0 saturated carbocycles. The molecule has 0 aliphatic carbocycles. The van der Waals surface area contributed by atoms with E-state index in [1.54, 1.807) is 12.3 Å². The minimum Gasteiger partial charge on any atom is -0.494 e. The van der Waals surface area contributed by atoms with E-state index in [0.717, 1.165) is 0 Å². The highest BCUT2D eigenvalue weighted by molar-refractivity contribution is 7.98. The van der Waals surface area contributed by atoms with Crippen LogP contribution in [0.2, 0.25) is 0 Å². The lowest BCUT2D eigenvalue weighted by Gasteiger charge is -2.09. The lowest BCUT2D eigenvalue weighted by atomic mass is 10.2. The van der Waals surface area contributed by atoms with Crippen LogP contribution in [-0.4, -0.2) is 26.4 Å². The molecule has 0 aliphatic heterocycles. The van der Waals surface area contributed by atoms with Crippen molar-refractivity contribution in [1.29, 1.82) is 0 Å². The largest absolute Gasteiger partial charge is 0.494 e. The Morgan fingerprint density at radius 1 is 1.40 bits per heavy atom. The van der Waals surface area contributed by atoms with Gasteiger partial charge in [-0.05, 0) is 18.4 Å². The molecular formula is C10H11FO3S. The third-order valence-electron chi connectivity index (χ3n) is 1.90. The Labute approximate surface area is 91.6 Å². The van der Waals surface area contributed by atoms with Crippen molar-refractivity contribution in [3.05, 3.63) is 23.5 Å². The average molecular weight is 230 g/mol. The molecule has 1 rings (SSSR count). The maximum absolute atomic E-state index is 13.7. The SMILES string of the molecule is COC(=O)c1c(SC)ccc(OC)c1F. The van der Waals surface area contributed by atoms with E-state index in [9.17, 15) is 9.18 Å². The third-order valence-corrected chi connectivity index (χ3v) is 2.68. The zero-order valence-electron chi connectivity index (χ0n) is 8.67. The van der Waals surface area contributed by atoms with Crippen molar-refractivity contribution in [3.8, 4) is 5.75 Å². The van der Waals surface area contributed by atoms with Crippen LogP contribution in [0.3, 0.4) is 0 Å². The minimum absolute atomic E-state index is 0.0354. The summed E-state index contributed by atoms with van der Waals surface area (Å²) in [5.74, 6) is -1.35. The molecule has 0 fully saturated rings. The second-order valence-electron chi connectivity index (χ2n) is 2.65. The Balaban J connectivity index is 3.35. The van der Waals surface area contributed by atoms with Crippen molar-refractivity contribution in [1.82, 2.24) is 0 Å². The van der Waals surface area contributed by atoms with Gasteiger partial charge < -0.3 is 9.47 Å². The molecular weight excluding hydrogens is 219 g/mol. The van der Waals surface area contributed by atoms with Crippen LogP contribution in [0.1, 0.15) is 10.4 Å². The first-order valence-corrected chi connectivity index (χ1v) is 5.37. The van der Waals surface area contributed by atoms with Crippen LogP contribution >= 0.6 is 11.8 Å². The van der Waals surface area contributed by atoms with Gasteiger partial charge in [0.2, 0.25) is 0 Å². The molecule has 0 saturated heterocycles. The molecule has 0 amide bonds. The van der Waals surface area contributed by atoms with E-state index in [2.05, 4.69) is 4.74 Å². The Kier molecular flexibility index (Phi) is 3.96. The molecule has 0 aromatic heterocycles. The number of esters is 1. The molecule has 5 heteroatoms. The van der Waals surface area contributed by atoms with Gasteiger partial charge in [0.1, 0.15) is 5.56 Å². The second-order valence-corrected chi connectivity index (χ2v) is 3.50. The number of halogens is 1.